The third-order valence-electron chi connectivity index (χ3n) is 4.06. The van der Waals surface area contributed by atoms with Gasteiger partial charge in [-0.2, -0.15) is 0 Å². The lowest BCUT2D eigenvalue weighted by atomic mass is 10.1. The van der Waals surface area contributed by atoms with E-state index in [-0.39, 0.29) is 0 Å². The normalized spacial score (nSPS) is 19.1. The summed E-state index contributed by atoms with van der Waals surface area (Å²) in [6, 6.07) is 8.72. The van der Waals surface area contributed by atoms with Crippen molar-refractivity contribution in [3.05, 3.63) is 35.4 Å². The van der Waals surface area contributed by atoms with Crippen molar-refractivity contribution in [3.8, 4) is 0 Å². The van der Waals surface area contributed by atoms with Gasteiger partial charge in [-0.25, -0.2) is 0 Å². The van der Waals surface area contributed by atoms with Gasteiger partial charge in [0.1, 0.15) is 0 Å². The van der Waals surface area contributed by atoms with Gasteiger partial charge in [0.05, 0.1) is 6.61 Å². The molecule has 3 heteroatoms. The van der Waals surface area contributed by atoms with Crippen LogP contribution in [-0.2, 0) is 11.3 Å². The van der Waals surface area contributed by atoms with Crippen LogP contribution in [0.15, 0.2) is 24.3 Å². The van der Waals surface area contributed by atoms with Crippen LogP contribution in [0.25, 0.3) is 0 Å². The first-order valence-electron chi connectivity index (χ1n) is 7.64. The van der Waals surface area contributed by atoms with E-state index in [4.69, 9.17) is 4.74 Å². The molecule has 1 saturated heterocycles. The number of hydrogen-bond donors (Lipinski definition) is 0. The van der Waals surface area contributed by atoms with E-state index in [2.05, 4.69) is 55.1 Å². The number of benzene rings is 1. The van der Waals surface area contributed by atoms with Crippen molar-refractivity contribution in [3.63, 3.8) is 0 Å². The fourth-order valence-corrected chi connectivity index (χ4v) is 2.70. The molecule has 1 heterocycles. The lowest BCUT2D eigenvalue weighted by Gasteiger charge is -2.27. The lowest BCUT2D eigenvalue weighted by molar-refractivity contribution is 0.159. The summed E-state index contributed by atoms with van der Waals surface area (Å²) in [6.45, 7) is 8.53. The summed E-state index contributed by atoms with van der Waals surface area (Å²) in [4.78, 5) is 4.84. The fourth-order valence-electron chi connectivity index (χ4n) is 2.70. The van der Waals surface area contributed by atoms with Gasteiger partial charge in [0.15, 0.2) is 0 Å². The van der Waals surface area contributed by atoms with Crippen molar-refractivity contribution in [2.45, 2.75) is 19.9 Å². The van der Waals surface area contributed by atoms with Gasteiger partial charge in [-0.1, -0.05) is 24.3 Å². The molecule has 0 saturated carbocycles. The molecule has 0 N–H and O–H groups in total. The fraction of sp³-hybridized carbons (Fsp3) is 0.647. The molecular weight excluding hydrogens is 248 g/mol. The van der Waals surface area contributed by atoms with E-state index < -0.39 is 0 Å². The molecule has 2 rings (SSSR count). The van der Waals surface area contributed by atoms with Crippen LogP contribution in [0.1, 0.15) is 17.5 Å². The van der Waals surface area contributed by atoms with E-state index >= 15 is 0 Å². The van der Waals surface area contributed by atoms with Crippen LogP contribution in [0.2, 0.25) is 0 Å². The second kappa shape index (κ2) is 7.77. The third-order valence-corrected chi connectivity index (χ3v) is 4.06. The van der Waals surface area contributed by atoms with Crippen LogP contribution in [-0.4, -0.2) is 56.7 Å². The molecule has 1 fully saturated rings. The first-order chi connectivity index (χ1) is 9.65. The Balaban J connectivity index is 1.95. The minimum atomic E-state index is 0.709. The SMILES string of the molecule is Cc1ccccc1CN(CCN(C)C)C[C@@H]1CCOC1. The molecule has 0 radical (unpaired) electrons. The highest BCUT2D eigenvalue weighted by Gasteiger charge is 2.19. The Labute approximate surface area is 123 Å². The van der Waals surface area contributed by atoms with E-state index in [1.807, 2.05) is 0 Å². The average Bonchev–Trinajstić information content (AvgIpc) is 2.91. The van der Waals surface area contributed by atoms with Gasteiger partial charge < -0.3 is 9.64 Å². The first kappa shape index (κ1) is 15.5. The Kier molecular flexibility index (Phi) is 6.02. The largest absolute Gasteiger partial charge is 0.381 e. The summed E-state index contributed by atoms with van der Waals surface area (Å²) < 4.78 is 5.52. The van der Waals surface area contributed by atoms with Gasteiger partial charge in [0, 0.05) is 32.8 Å². The summed E-state index contributed by atoms with van der Waals surface area (Å²) in [6.07, 6.45) is 1.21. The van der Waals surface area contributed by atoms with Crippen LogP contribution >= 0.6 is 0 Å². The molecule has 0 unspecified atom stereocenters. The van der Waals surface area contributed by atoms with Crippen molar-refractivity contribution in [2.24, 2.45) is 5.92 Å². The maximum Gasteiger partial charge on any atom is 0.0507 e. The maximum atomic E-state index is 5.52. The van der Waals surface area contributed by atoms with Crippen molar-refractivity contribution in [1.82, 2.24) is 9.80 Å². The van der Waals surface area contributed by atoms with Crippen LogP contribution < -0.4 is 0 Å². The molecule has 1 atom stereocenters. The molecule has 1 aromatic rings. The molecule has 1 aliphatic heterocycles. The molecule has 0 aliphatic carbocycles. The van der Waals surface area contributed by atoms with Crippen molar-refractivity contribution in [1.29, 1.82) is 0 Å². The van der Waals surface area contributed by atoms with Crippen molar-refractivity contribution >= 4 is 0 Å². The highest BCUT2D eigenvalue weighted by Crippen LogP contribution is 2.17. The summed E-state index contributed by atoms with van der Waals surface area (Å²) in [5.74, 6) is 0.709. The third kappa shape index (κ3) is 4.89. The summed E-state index contributed by atoms with van der Waals surface area (Å²) in [7, 11) is 4.29. The van der Waals surface area contributed by atoms with E-state index in [0.29, 0.717) is 5.92 Å². The monoisotopic (exact) mass is 276 g/mol. The molecular formula is C17H28N2O. The topological polar surface area (TPSA) is 15.7 Å². The zero-order chi connectivity index (χ0) is 14.4. The zero-order valence-electron chi connectivity index (χ0n) is 13.1. The Morgan fingerprint density at radius 3 is 2.65 bits per heavy atom. The Morgan fingerprint density at radius 1 is 1.20 bits per heavy atom. The van der Waals surface area contributed by atoms with Gasteiger partial charge in [0.25, 0.3) is 0 Å². The highest BCUT2D eigenvalue weighted by atomic mass is 16.5. The minimum absolute atomic E-state index is 0.709. The molecule has 0 bridgehead atoms. The number of rotatable bonds is 7. The minimum Gasteiger partial charge on any atom is -0.381 e. The smallest absolute Gasteiger partial charge is 0.0507 e. The molecule has 0 aromatic heterocycles. The maximum absolute atomic E-state index is 5.52. The van der Waals surface area contributed by atoms with E-state index in [1.54, 1.807) is 0 Å². The summed E-state index contributed by atoms with van der Waals surface area (Å²) in [5.41, 5.74) is 2.84. The van der Waals surface area contributed by atoms with E-state index in [9.17, 15) is 0 Å². The number of nitrogens with zero attached hydrogens (tertiary/aromatic N) is 2. The van der Waals surface area contributed by atoms with Crippen molar-refractivity contribution < 1.29 is 4.74 Å². The van der Waals surface area contributed by atoms with Crippen LogP contribution in [0, 0.1) is 12.8 Å². The molecule has 0 spiro atoms. The molecule has 1 aromatic carbocycles. The number of aryl methyl sites for hydroxylation is 1. The number of likely N-dealkylation sites (N-methyl/N-ethyl adjacent to an activating group) is 1. The average molecular weight is 276 g/mol. The van der Waals surface area contributed by atoms with Gasteiger partial charge in [-0.05, 0) is 44.5 Å². The highest BCUT2D eigenvalue weighted by molar-refractivity contribution is 5.25. The van der Waals surface area contributed by atoms with E-state index in [1.165, 1.54) is 17.5 Å². The van der Waals surface area contributed by atoms with Crippen LogP contribution in [0.5, 0.6) is 0 Å². The quantitative estimate of drug-likeness (QED) is 0.760. The molecule has 20 heavy (non-hydrogen) atoms. The zero-order valence-corrected chi connectivity index (χ0v) is 13.1. The Hall–Kier alpha value is -0.900. The van der Waals surface area contributed by atoms with Crippen molar-refractivity contribution in [2.75, 3.05) is 46.9 Å². The predicted molar refractivity (Wildman–Crippen MR) is 83.9 cm³/mol. The molecule has 1 aliphatic rings. The van der Waals surface area contributed by atoms with Gasteiger partial charge in [-0.3, -0.25) is 4.90 Å². The Bertz CT molecular complexity index is 400. The predicted octanol–water partition coefficient (Wildman–Crippen LogP) is 2.40. The lowest BCUT2D eigenvalue weighted by Crippen LogP contribution is -2.35. The number of ether oxygens (including phenoxy) is 1. The van der Waals surface area contributed by atoms with Gasteiger partial charge in [0.2, 0.25) is 0 Å². The molecule has 112 valence electrons. The second-order valence-electron chi connectivity index (χ2n) is 6.19. The van der Waals surface area contributed by atoms with Gasteiger partial charge in [-0.15, -0.1) is 0 Å². The standard InChI is InChI=1S/C17H28N2O/c1-15-6-4-5-7-17(15)13-19(10-9-18(2)3)12-16-8-11-20-14-16/h4-7,16H,8-14H2,1-3H3/t16-/m0/s1. The second-order valence-corrected chi connectivity index (χ2v) is 6.19. The van der Waals surface area contributed by atoms with E-state index in [0.717, 1.165) is 39.4 Å². The molecule has 3 nitrogen and oxygen atoms in total. The Morgan fingerprint density at radius 2 is 2.00 bits per heavy atom. The molecule has 0 amide bonds. The number of hydrogen-bond acceptors (Lipinski definition) is 3. The van der Waals surface area contributed by atoms with Crippen LogP contribution in [0.4, 0.5) is 0 Å². The summed E-state index contributed by atoms with van der Waals surface area (Å²) in [5, 5.41) is 0. The summed E-state index contributed by atoms with van der Waals surface area (Å²) >= 11 is 0. The first-order valence-corrected chi connectivity index (χ1v) is 7.64. The van der Waals surface area contributed by atoms with Gasteiger partial charge >= 0.3 is 0 Å². The van der Waals surface area contributed by atoms with Crippen LogP contribution in [0.3, 0.4) is 0 Å².